The molecule has 0 amide bonds. The van der Waals surface area contributed by atoms with Gasteiger partial charge in [0.25, 0.3) is 0 Å². The third-order valence-electron chi connectivity index (χ3n) is 4.50. The van der Waals surface area contributed by atoms with Crippen LogP contribution in [-0.4, -0.2) is 36.6 Å². The SMILES string of the molecule is CNCc1cnc(-c2ccc(CCCCN(C)C3CC3)cc2)s1. The van der Waals surface area contributed by atoms with E-state index in [0.29, 0.717) is 0 Å². The lowest BCUT2D eigenvalue weighted by Crippen LogP contribution is -2.21. The van der Waals surface area contributed by atoms with Crippen LogP contribution in [0.3, 0.4) is 0 Å². The molecule has 0 spiro atoms. The predicted molar refractivity (Wildman–Crippen MR) is 98.9 cm³/mol. The predicted octanol–water partition coefficient (Wildman–Crippen LogP) is 3.95. The highest BCUT2D eigenvalue weighted by Crippen LogP contribution is 2.26. The van der Waals surface area contributed by atoms with E-state index in [2.05, 4.69) is 46.5 Å². The van der Waals surface area contributed by atoms with Crippen LogP contribution in [0.15, 0.2) is 30.5 Å². The number of nitrogens with one attached hydrogen (secondary N) is 1. The molecule has 1 saturated carbocycles. The Balaban J connectivity index is 1.46. The van der Waals surface area contributed by atoms with Crippen LogP contribution in [0.5, 0.6) is 0 Å². The third kappa shape index (κ3) is 4.87. The molecule has 124 valence electrons. The van der Waals surface area contributed by atoms with Crippen LogP contribution in [-0.2, 0) is 13.0 Å². The van der Waals surface area contributed by atoms with Gasteiger partial charge in [-0.25, -0.2) is 4.98 Å². The minimum atomic E-state index is 0.889. The number of aromatic nitrogens is 1. The highest BCUT2D eigenvalue weighted by molar-refractivity contribution is 7.15. The fourth-order valence-electron chi connectivity index (χ4n) is 2.90. The van der Waals surface area contributed by atoms with Gasteiger partial charge in [-0.1, -0.05) is 24.3 Å². The summed E-state index contributed by atoms with van der Waals surface area (Å²) in [5, 5.41) is 4.29. The third-order valence-corrected chi connectivity index (χ3v) is 5.55. The summed E-state index contributed by atoms with van der Waals surface area (Å²) >= 11 is 1.77. The Bertz CT molecular complexity index is 601. The first-order chi connectivity index (χ1) is 11.3. The van der Waals surface area contributed by atoms with Gasteiger partial charge < -0.3 is 10.2 Å². The molecule has 0 radical (unpaired) electrons. The first-order valence-corrected chi connectivity index (χ1v) is 9.47. The second-order valence-corrected chi connectivity index (χ2v) is 7.64. The van der Waals surface area contributed by atoms with Gasteiger partial charge in [-0.3, -0.25) is 0 Å². The highest BCUT2D eigenvalue weighted by atomic mass is 32.1. The summed E-state index contributed by atoms with van der Waals surface area (Å²) in [6, 6.07) is 9.85. The molecule has 0 atom stereocenters. The number of benzene rings is 1. The molecule has 1 N–H and O–H groups in total. The number of unbranched alkanes of at least 4 members (excludes halogenated alkanes) is 1. The largest absolute Gasteiger partial charge is 0.315 e. The first kappa shape index (κ1) is 16.6. The van der Waals surface area contributed by atoms with E-state index in [1.807, 2.05) is 13.2 Å². The van der Waals surface area contributed by atoms with Crippen LogP contribution in [0.1, 0.15) is 36.1 Å². The van der Waals surface area contributed by atoms with E-state index < -0.39 is 0 Å². The van der Waals surface area contributed by atoms with Crippen LogP contribution in [0, 0.1) is 0 Å². The molecular weight excluding hydrogens is 302 g/mol. The van der Waals surface area contributed by atoms with E-state index >= 15 is 0 Å². The molecular formula is C19H27N3S. The average Bonchev–Trinajstić information content (AvgIpc) is 3.32. The lowest BCUT2D eigenvalue weighted by Gasteiger charge is -2.14. The maximum Gasteiger partial charge on any atom is 0.123 e. The lowest BCUT2D eigenvalue weighted by molar-refractivity contribution is 0.316. The van der Waals surface area contributed by atoms with Crippen LogP contribution in [0.25, 0.3) is 10.6 Å². The van der Waals surface area contributed by atoms with Crippen molar-refractivity contribution in [2.75, 3.05) is 20.6 Å². The molecule has 1 aromatic heterocycles. The van der Waals surface area contributed by atoms with E-state index in [4.69, 9.17) is 0 Å². The number of nitrogens with zero attached hydrogens (tertiary/aromatic N) is 2. The van der Waals surface area contributed by atoms with Crippen molar-refractivity contribution in [1.82, 2.24) is 15.2 Å². The van der Waals surface area contributed by atoms with Crippen molar-refractivity contribution in [3.8, 4) is 10.6 Å². The summed E-state index contributed by atoms with van der Waals surface area (Å²) in [6.45, 7) is 2.14. The van der Waals surface area contributed by atoms with Crippen molar-refractivity contribution in [3.05, 3.63) is 40.9 Å². The van der Waals surface area contributed by atoms with Crippen molar-refractivity contribution in [2.24, 2.45) is 0 Å². The minimum Gasteiger partial charge on any atom is -0.315 e. The van der Waals surface area contributed by atoms with Crippen molar-refractivity contribution in [3.63, 3.8) is 0 Å². The van der Waals surface area contributed by atoms with E-state index in [9.17, 15) is 0 Å². The molecule has 0 bridgehead atoms. The molecule has 0 saturated heterocycles. The van der Waals surface area contributed by atoms with Crippen LogP contribution < -0.4 is 5.32 Å². The van der Waals surface area contributed by atoms with Gasteiger partial charge in [0.1, 0.15) is 5.01 Å². The second kappa shape index (κ2) is 8.04. The summed E-state index contributed by atoms with van der Waals surface area (Å²) < 4.78 is 0. The number of thiazole rings is 1. The van der Waals surface area contributed by atoms with Gasteiger partial charge in [0.2, 0.25) is 0 Å². The van der Waals surface area contributed by atoms with Gasteiger partial charge in [0, 0.05) is 29.2 Å². The normalized spacial score (nSPS) is 14.6. The molecule has 3 rings (SSSR count). The van der Waals surface area contributed by atoms with Gasteiger partial charge in [-0.15, -0.1) is 11.3 Å². The minimum absolute atomic E-state index is 0.889. The second-order valence-electron chi connectivity index (χ2n) is 6.53. The molecule has 1 aliphatic carbocycles. The Morgan fingerprint density at radius 2 is 2.00 bits per heavy atom. The molecule has 4 heteroatoms. The zero-order chi connectivity index (χ0) is 16.1. The first-order valence-electron chi connectivity index (χ1n) is 8.65. The van der Waals surface area contributed by atoms with Crippen LogP contribution in [0.2, 0.25) is 0 Å². The van der Waals surface area contributed by atoms with E-state index in [-0.39, 0.29) is 0 Å². The van der Waals surface area contributed by atoms with Crippen LogP contribution >= 0.6 is 11.3 Å². The van der Waals surface area contributed by atoms with E-state index in [1.165, 1.54) is 54.7 Å². The van der Waals surface area contributed by atoms with Gasteiger partial charge in [0.05, 0.1) is 0 Å². The monoisotopic (exact) mass is 329 g/mol. The summed E-state index contributed by atoms with van der Waals surface area (Å²) in [6.07, 6.45) is 8.55. The van der Waals surface area contributed by atoms with Gasteiger partial charge in [-0.2, -0.15) is 0 Å². The van der Waals surface area contributed by atoms with Gasteiger partial charge in [-0.05, 0) is 58.3 Å². The topological polar surface area (TPSA) is 28.2 Å². The molecule has 1 heterocycles. The Kier molecular flexibility index (Phi) is 5.81. The Labute approximate surface area is 143 Å². The zero-order valence-corrected chi connectivity index (χ0v) is 15.0. The van der Waals surface area contributed by atoms with Crippen molar-refractivity contribution < 1.29 is 0 Å². The van der Waals surface area contributed by atoms with Crippen molar-refractivity contribution >= 4 is 11.3 Å². The molecule has 3 nitrogen and oxygen atoms in total. The van der Waals surface area contributed by atoms with Crippen LogP contribution in [0.4, 0.5) is 0 Å². The summed E-state index contributed by atoms with van der Waals surface area (Å²) in [5.74, 6) is 0. The fourth-order valence-corrected chi connectivity index (χ4v) is 3.83. The average molecular weight is 330 g/mol. The highest BCUT2D eigenvalue weighted by Gasteiger charge is 2.25. The molecule has 2 aromatic rings. The van der Waals surface area contributed by atoms with Crippen molar-refractivity contribution in [1.29, 1.82) is 0 Å². The quantitative estimate of drug-likeness (QED) is 0.706. The molecule has 23 heavy (non-hydrogen) atoms. The fraction of sp³-hybridized carbons (Fsp3) is 0.526. The zero-order valence-electron chi connectivity index (χ0n) is 14.2. The summed E-state index contributed by atoms with van der Waals surface area (Å²) in [4.78, 5) is 8.33. The summed E-state index contributed by atoms with van der Waals surface area (Å²) in [5.41, 5.74) is 2.67. The Morgan fingerprint density at radius 3 is 2.70 bits per heavy atom. The maximum atomic E-state index is 4.52. The lowest BCUT2D eigenvalue weighted by atomic mass is 10.1. The van der Waals surface area contributed by atoms with E-state index in [0.717, 1.165) is 17.6 Å². The van der Waals surface area contributed by atoms with E-state index in [1.54, 1.807) is 11.3 Å². The number of hydrogen-bond donors (Lipinski definition) is 1. The smallest absolute Gasteiger partial charge is 0.123 e. The standard InChI is InChI=1S/C19H27N3S/c1-20-13-18-14-21-19(23-18)16-8-6-15(7-9-16)5-3-4-12-22(2)17-10-11-17/h6-9,14,17,20H,3-5,10-13H2,1-2H3. The van der Waals surface area contributed by atoms with Crippen molar-refractivity contribution in [2.45, 2.75) is 44.7 Å². The Morgan fingerprint density at radius 1 is 1.22 bits per heavy atom. The number of hydrogen-bond acceptors (Lipinski definition) is 4. The van der Waals surface area contributed by atoms with Gasteiger partial charge >= 0.3 is 0 Å². The summed E-state index contributed by atoms with van der Waals surface area (Å²) in [7, 11) is 4.24. The van der Waals surface area contributed by atoms with Gasteiger partial charge in [0.15, 0.2) is 0 Å². The number of aryl methyl sites for hydroxylation is 1. The molecule has 0 unspecified atom stereocenters. The Hall–Kier alpha value is -1.23. The molecule has 1 aromatic carbocycles. The number of rotatable bonds is 9. The maximum absolute atomic E-state index is 4.52. The molecule has 1 fully saturated rings. The molecule has 1 aliphatic rings. The molecule has 0 aliphatic heterocycles.